The molecule has 68 valence electrons. The van der Waals surface area contributed by atoms with Crippen molar-refractivity contribution in [3.05, 3.63) is 35.3 Å². The van der Waals surface area contributed by atoms with Crippen molar-refractivity contribution in [3.63, 3.8) is 0 Å². The van der Waals surface area contributed by atoms with Gasteiger partial charge in [0.1, 0.15) is 10.9 Å². The molecular weight excluding hydrogens is 194 g/mol. The second-order valence-electron chi connectivity index (χ2n) is 2.75. The van der Waals surface area contributed by atoms with E-state index in [4.69, 9.17) is 11.0 Å². The van der Waals surface area contributed by atoms with Gasteiger partial charge in [-0.1, -0.05) is 0 Å². The molecule has 0 aliphatic rings. The van der Waals surface area contributed by atoms with Crippen LogP contribution < -0.4 is 5.73 Å². The van der Waals surface area contributed by atoms with Crippen molar-refractivity contribution in [2.45, 2.75) is 0 Å². The summed E-state index contributed by atoms with van der Waals surface area (Å²) in [6, 6.07) is 9.29. The molecule has 2 aromatic rings. The molecule has 0 radical (unpaired) electrons. The highest BCUT2D eigenvalue weighted by atomic mass is 32.1. The Morgan fingerprint density at radius 2 is 2.21 bits per heavy atom. The Morgan fingerprint density at radius 1 is 1.36 bits per heavy atom. The number of anilines is 1. The first-order valence-electron chi connectivity index (χ1n) is 4.01. The summed E-state index contributed by atoms with van der Waals surface area (Å²) in [5.74, 6) is 0. The van der Waals surface area contributed by atoms with Crippen LogP contribution in [0.5, 0.6) is 0 Å². The molecule has 2 N–H and O–H groups in total. The highest BCUT2D eigenvalue weighted by Gasteiger charge is 2.03. The number of aromatic nitrogens is 1. The molecule has 0 saturated heterocycles. The molecule has 2 heterocycles. The van der Waals surface area contributed by atoms with E-state index in [1.54, 1.807) is 24.4 Å². The van der Waals surface area contributed by atoms with Gasteiger partial charge < -0.3 is 5.73 Å². The molecule has 0 bridgehead atoms. The lowest BCUT2D eigenvalue weighted by Gasteiger charge is -1.96. The number of rotatable bonds is 1. The van der Waals surface area contributed by atoms with E-state index in [2.05, 4.69) is 11.1 Å². The van der Waals surface area contributed by atoms with Crippen LogP contribution >= 0.6 is 11.3 Å². The van der Waals surface area contributed by atoms with Crippen LogP contribution in [0.25, 0.3) is 10.6 Å². The van der Waals surface area contributed by atoms with Gasteiger partial charge in [0.25, 0.3) is 0 Å². The Morgan fingerprint density at radius 3 is 2.86 bits per heavy atom. The maximum absolute atomic E-state index is 8.67. The summed E-state index contributed by atoms with van der Waals surface area (Å²) in [5.41, 5.74) is 7.13. The van der Waals surface area contributed by atoms with Crippen LogP contribution in [0.2, 0.25) is 0 Å². The first-order chi connectivity index (χ1) is 6.79. The van der Waals surface area contributed by atoms with E-state index in [0.29, 0.717) is 10.6 Å². The van der Waals surface area contributed by atoms with Gasteiger partial charge in [0.15, 0.2) is 0 Å². The minimum atomic E-state index is 0.682. The van der Waals surface area contributed by atoms with E-state index in [0.717, 1.165) is 10.6 Å². The molecule has 3 nitrogen and oxygen atoms in total. The quantitative estimate of drug-likeness (QED) is 0.769. The third-order valence-electron chi connectivity index (χ3n) is 1.75. The zero-order valence-electron chi connectivity index (χ0n) is 7.27. The van der Waals surface area contributed by atoms with Crippen molar-refractivity contribution in [1.29, 1.82) is 5.26 Å². The molecule has 0 atom stereocenters. The maximum Gasteiger partial charge on any atom is 0.110 e. The summed E-state index contributed by atoms with van der Waals surface area (Å²) in [6.07, 6.45) is 1.66. The van der Waals surface area contributed by atoms with Gasteiger partial charge in [-0.05, 0) is 24.3 Å². The van der Waals surface area contributed by atoms with Crippen LogP contribution in [0, 0.1) is 11.3 Å². The van der Waals surface area contributed by atoms with Gasteiger partial charge in [-0.3, -0.25) is 4.98 Å². The lowest BCUT2D eigenvalue weighted by molar-refractivity contribution is 1.34. The molecule has 0 aromatic carbocycles. The summed E-state index contributed by atoms with van der Waals surface area (Å²) in [6.45, 7) is 0. The maximum atomic E-state index is 8.67. The molecule has 2 aromatic heterocycles. The van der Waals surface area contributed by atoms with E-state index in [1.807, 2.05) is 6.07 Å². The zero-order chi connectivity index (χ0) is 9.97. The molecule has 2 rings (SSSR count). The average molecular weight is 201 g/mol. The molecule has 0 amide bonds. The highest BCUT2D eigenvalue weighted by molar-refractivity contribution is 7.15. The van der Waals surface area contributed by atoms with Crippen LogP contribution in [0.1, 0.15) is 4.88 Å². The van der Waals surface area contributed by atoms with Crippen LogP contribution in [-0.2, 0) is 0 Å². The van der Waals surface area contributed by atoms with Gasteiger partial charge in [0.2, 0.25) is 0 Å². The number of nitrogens with zero attached hydrogens (tertiary/aromatic N) is 2. The van der Waals surface area contributed by atoms with Crippen molar-refractivity contribution in [1.82, 2.24) is 4.98 Å². The van der Waals surface area contributed by atoms with E-state index in [-0.39, 0.29) is 0 Å². The number of pyridine rings is 1. The van der Waals surface area contributed by atoms with Crippen molar-refractivity contribution < 1.29 is 0 Å². The van der Waals surface area contributed by atoms with E-state index in [1.165, 1.54) is 11.3 Å². The molecule has 4 heteroatoms. The minimum Gasteiger partial charge on any atom is -0.399 e. The predicted molar refractivity (Wildman–Crippen MR) is 56.7 cm³/mol. The van der Waals surface area contributed by atoms with Crippen molar-refractivity contribution in [2.24, 2.45) is 0 Å². The molecule has 0 fully saturated rings. The summed E-state index contributed by atoms with van der Waals surface area (Å²) in [4.78, 5) is 5.83. The molecule has 0 aliphatic heterocycles. The lowest BCUT2D eigenvalue weighted by atomic mass is 10.3. The van der Waals surface area contributed by atoms with Crippen molar-refractivity contribution in [2.75, 3.05) is 5.73 Å². The summed E-state index contributed by atoms with van der Waals surface area (Å²) in [5, 5.41) is 8.67. The van der Waals surface area contributed by atoms with E-state index in [9.17, 15) is 0 Å². The number of hydrogen-bond donors (Lipinski definition) is 1. The third kappa shape index (κ3) is 1.58. The van der Waals surface area contributed by atoms with Crippen LogP contribution in [0.3, 0.4) is 0 Å². The van der Waals surface area contributed by atoms with Gasteiger partial charge in [-0.25, -0.2) is 0 Å². The predicted octanol–water partition coefficient (Wildman–Crippen LogP) is 2.26. The number of nitriles is 1. The zero-order valence-corrected chi connectivity index (χ0v) is 8.08. The Hall–Kier alpha value is -1.86. The van der Waals surface area contributed by atoms with Crippen LogP contribution in [0.15, 0.2) is 30.5 Å². The Bertz CT molecular complexity index is 496. The van der Waals surface area contributed by atoms with Gasteiger partial charge in [0.05, 0.1) is 10.6 Å². The van der Waals surface area contributed by atoms with Gasteiger partial charge in [0, 0.05) is 11.9 Å². The Labute approximate surface area is 85.4 Å². The van der Waals surface area contributed by atoms with E-state index >= 15 is 0 Å². The molecule has 0 unspecified atom stereocenters. The standard InChI is InChI=1S/C10H7N3S/c11-6-8-1-2-10(14-8)9-5-7(12)3-4-13-9/h1-5H,(H2,12,13). The number of nitrogen functional groups attached to an aromatic ring is 1. The highest BCUT2D eigenvalue weighted by Crippen LogP contribution is 2.26. The molecule has 0 aliphatic carbocycles. The monoisotopic (exact) mass is 201 g/mol. The third-order valence-corrected chi connectivity index (χ3v) is 2.77. The van der Waals surface area contributed by atoms with Gasteiger partial charge >= 0.3 is 0 Å². The summed E-state index contributed by atoms with van der Waals surface area (Å²) >= 11 is 1.42. The smallest absolute Gasteiger partial charge is 0.110 e. The van der Waals surface area contributed by atoms with Crippen molar-refractivity contribution >= 4 is 17.0 Å². The molecular formula is C10H7N3S. The van der Waals surface area contributed by atoms with Crippen LogP contribution in [0.4, 0.5) is 5.69 Å². The largest absolute Gasteiger partial charge is 0.399 e. The number of nitrogens with two attached hydrogens (primary N) is 1. The summed E-state index contributed by atoms with van der Waals surface area (Å²) in [7, 11) is 0. The Balaban J connectivity index is 2.45. The number of thiophene rings is 1. The van der Waals surface area contributed by atoms with Crippen molar-refractivity contribution in [3.8, 4) is 16.6 Å². The number of hydrogen-bond acceptors (Lipinski definition) is 4. The second kappa shape index (κ2) is 3.48. The van der Waals surface area contributed by atoms with Crippen LogP contribution in [-0.4, -0.2) is 4.98 Å². The fourth-order valence-corrected chi connectivity index (χ4v) is 1.89. The first kappa shape index (κ1) is 8.73. The molecule has 14 heavy (non-hydrogen) atoms. The van der Waals surface area contributed by atoms with Gasteiger partial charge in [-0.15, -0.1) is 11.3 Å². The normalized spacial score (nSPS) is 9.64. The second-order valence-corrected chi connectivity index (χ2v) is 3.83. The lowest BCUT2D eigenvalue weighted by Crippen LogP contribution is -1.86. The van der Waals surface area contributed by atoms with E-state index < -0.39 is 0 Å². The molecule has 0 saturated carbocycles. The fraction of sp³-hybridized carbons (Fsp3) is 0. The average Bonchev–Trinajstić information content (AvgIpc) is 2.66. The topological polar surface area (TPSA) is 62.7 Å². The van der Waals surface area contributed by atoms with Gasteiger partial charge in [-0.2, -0.15) is 5.26 Å². The Kier molecular flexibility index (Phi) is 2.17. The fourth-order valence-electron chi connectivity index (χ4n) is 1.12. The SMILES string of the molecule is N#Cc1ccc(-c2cc(N)ccn2)s1. The first-order valence-corrected chi connectivity index (χ1v) is 4.83. The minimum absolute atomic E-state index is 0.682. The summed E-state index contributed by atoms with van der Waals surface area (Å²) < 4.78 is 0. The molecule has 0 spiro atoms.